The predicted octanol–water partition coefficient (Wildman–Crippen LogP) is 22.9. The van der Waals surface area contributed by atoms with Gasteiger partial charge in [0.25, 0.3) is 0 Å². The SMILES string of the molecule is CC/C=C\C/C=C\C/C=C\C/C=C\CCCCCCCCCCCCCCCCCCCCCCC(=O)OCC(COC(=O)CCCCCCCCCCCCCC)OC(=O)CCCCCCC/C=C\C/C=C\CCCC. The van der Waals surface area contributed by atoms with Gasteiger partial charge in [-0.05, 0) is 83.5 Å². The Morgan fingerprint density at radius 2 is 0.519 bits per heavy atom. The van der Waals surface area contributed by atoms with Gasteiger partial charge in [0.15, 0.2) is 6.10 Å². The number of allylic oxidation sites excluding steroid dienone is 12. The summed E-state index contributed by atoms with van der Waals surface area (Å²) in [5, 5.41) is 0. The second-order valence-corrected chi connectivity index (χ2v) is 22.4. The molecule has 0 aliphatic rings. The number of carbonyl (C=O) groups is 3. The van der Waals surface area contributed by atoms with Crippen LogP contribution in [0.2, 0.25) is 0 Å². The molecule has 0 aliphatic heterocycles. The topological polar surface area (TPSA) is 78.9 Å². The molecule has 0 aromatic carbocycles. The number of rotatable bonds is 61. The summed E-state index contributed by atoms with van der Waals surface area (Å²) in [4.78, 5) is 38.2. The van der Waals surface area contributed by atoms with Crippen molar-refractivity contribution in [1.29, 1.82) is 0 Å². The summed E-state index contributed by atoms with van der Waals surface area (Å²) in [5.41, 5.74) is 0. The van der Waals surface area contributed by atoms with Gasteiger partial charge in [0, 0.05) is 19.3 Å². The number of unbranched alkanes of at least 4 members (excludes halogenated alkanes) is 38. The van der Waals surface area contributed by atoms with Gasteiger partial charge in [-0.25, -0.2) is 0 Å². The summed E-state index contributed by atoms with van der Waals surface area (Å²) in [5.74, 6) is -0.872. The zero-order valence-corrected chi connectivity index (χ0v) is 51.2. The van der Waals surface area contributed by atoms with Gasteiger partial charge in [-0.3, -0.25) is 14.4 Å². The molecule has 77 heavy (non-hydrogen) atoms. The number of hydrogen-bond acceptors (Lipinski definition) is 6. The number of carbonyl (C=O) groups excluding carboxylic acids is 3. The minimum atomic E-state index is -0.778. The molecule has 0 aromatic heterocycles. The largest absolute Gasteiger partial charge is 0.462 e. The van der Waals surface area contributed by atoms with Crippen molar-refractivity contribution in [3.63, 3.8) is 0 Å². The molecule has 0 radical (unpaired) electrons. The van der Waals surface area contributed by atoms with Crippen molar-refractivity contribution >= 4 is 17.9 Å². The van der Waals surface area contributed by atoms with Crippen LogP contribution in [0.4, 0.5) is 0 Å². The summed E-state index contributed by atoms with van der Waals surface area (Å²) >= 11 is 0. The average molecular weight is 1080 g/mol. The van der Waals surface area contributed by atoms with Crippen LogP contribution in [0.15, 0.2) is 72.9 Å². The van der Waals surface area contributed by atoms with Crippen LogP contribution in [0.5, 0.6) is 0 Å². The normalized spacial score (nSPS) is 12.5. The maximum absolute atomic E-state index is 12.9. The average Bonchev–Trinajstić information content (AvgIpc) is 3.43. The third kappa shape index (κ3) is 63.6. The molecular weight excluding hydrogens is 949 g/mol. The molecule has 0 heterocycles. The monoisotopic (exact) mass is 1070 g/mol. The van der Waals surface area contributed by atoms with Crippen molar-refractivity contribution < 1.29 is 28.6 Å². The van der Waals surface area contributed by atoms with E-state index in [1.54, 1.807) is 0 Å². The summed E-state index contributed by atoms with van der Waals surface area (Å²) in [6, 6.07) is 0. The molecule has 0 spiro atoms. The maximum Gasteiger partial charge on any atom is 0.306 e. The van der Waals surface area contributed by atoms with E-state index in [0.29, 0.717) is 19.3 Å². The molecule has 0 amide bonds. The minimum Gasteiger partial charge on any atom is -0.462 e. The Hall–Kier alpha value is -3.15. The second-order valence-electron chi connectivity index (χ2n) is 22.4. The van der Waals surface area contributed by atoms with Crippen molar-refractivity contribution in [3.05, 3.63) is 72.9 Å². The highest BCUT2D eigenvalue weighted by Gasteiger charge is 2.19. The summed E-state index contributed by atoms with van der Waals surface area (Å²) in [7, 11) is 0. The van der Waals surface area contributed by atoms with E-state index >= 15 is 0 Å². The quantitative estimate of drug-likeness (QED) is 0.0261. The lowest BCUT2D eigenvalue weighted by Crippen LogP contribution is -2.30. The van der Waals surface area contributed by atoms with Crippen LogP contribution in [0.1, 0.15) is 342 Å². The molecule has 1 atom stereocenters. The van der Waals surface area contributed by atoms with E-state index in [4.69, 9.17) is 14.2 Å². The highest BCUT2D eigenvalue weighted by molar-refractivity contribution is 5.71. The number of esters is 3. The molecule has 1 unspecified atom stereocenters. The van der Waals surface area contributed by atoms with E-state index in [2.05, 4.69) is 93.7 Å². The fourth-order valence-corrected chi connectivity index (χ4v) is 9.69. The minimum absolute atomic E-state index is 0.0754. The van der Waals surface area contributed by atoms with Crippen LogP contribution in [0.25, 0.3) is 0 Å². The van der Waals surface area contributed by atoms with E-state index in [9.17, 15) is 14.4 Å². The molecule has 6 nitrogen and oxygen atoms in total. The van der Waals surface area contributed by atoms with Crippen LogP contribution in [-0.2, 0) is 28.6 Å². The highest BCUT2D eigenvalue weighted by Crippen LogP contribution is 2.18. The van der Waals surface area contributed by atoms with Gasteiger partial charge < -0.3 is 14.2 Å². The molecule has 0 saturated heterocycles. The van der Waals surface area contributed by atoms with Crippen molar-refractivity contribution in [3.8, 4) is 0 Å². The Morgan fingerprint density at radius 1 is 0.273 bits per heavy atom. The molecule has 446 valence electrons. The van der Waals surface area contributed by atoms with Crippen LogP contribution < -0.4 is 0 Å². The van der Waals surface area contributed by atoms with Crippen molar-refractivity contribution in [2.24, 2.45) is 0 Å². The Bertz CT molecular complexity index is 1420. The summed E-state index contributed by atoms with van der Waals surface area (Å²) in [6.07, 6.45) is 85.1. The van der Waals surface area contributed by atoms with Crippen molar-refractivity contribution in [2.45, 2.75) is 348 Å². The van der Waals surface area contributed by atoms with Gasteiger partial charge in [0.05, 0.1) is 0 Å². The fraction of sp³-hybridized carbons (Fsp3) is 0.789. The molecule has 0 bridgehead atoms. The van der Waals surface area contributed by atoms with E-state index in [0.717, 1.165) is 109 Å². The Labute approximate surface area is 478 Å². The van der Waals surface area contributed by atoms with E-state index < -0.39 is 6.10 Å². The van der Waals surface area contributed by atoms with Gasteiger partial charge in [0.1, 0.15) is 13.2 Å². The van der Waals surface area contributed by atoms with E-state index in [-0.39, 0.29) is 31.1 Å². The lowest BCUT2D eigenvalue weighted by atomic mass is 10.0. The standard InChI is InChI=1S/C71H126O6/c1-4-7-10-13-16-19-22-25-27-28-29-30-31-32-33-34-35-36-37-38-39-40-41-42-43-44-45-47-49-52-55-58-61-64-70(73)76-67-68(66-75-69(72)63-60-57-54-51-48-24-21-18-15-12-9-6-3)77-71(74)65-62-59-56-53-50-46-26-23-20-17-14-11-8-5-2/h7,10,14,16-17,19,23,25-27,29-30,68H,4-6,8-9,11-13,15,18,20-22,24,28,31-67H2,1-3H3/b10-7-,17-14-,19-16-,26-23-,27-25-,30-29-. The van der Waals surface area contributed by atoms with Crippen LogP contribution >= 0.6 is 0 Å². The van der Waals surface area contributed by atoms with Gasteiger partial charge in [-0.15, -0.1) is 0 Å². The van der Waals surface area contributed by atoms with E-state index in [1.807, 2.05) is 0 Å². The van der Waals surface area contributed by atoms with E-state index in [1.165, 1.54) is 193 Å². The first-order valence-corrected chi connectivity index (χ1v) is 33.4. The molecule has 0 rings (SSSR count). The van der Waals surface area contributed by atoms with Crippen molar-refractivity contribution in [2.75, 3.05) is 13.2 Å². The first kappa shape index (κ1) is 73.8. The second kappa shape index (κ2) is 65.4. The lowest BCUT2D eigenvalue weighted by molar-refractivity contribution is -0.167. The zero-order valence-electron chi connectivity index (χ0n) is 51.2. The third-order valence-electron chi connectivity index (χ3n) is 14.7. The third-order valence-corrected chi connectivity index (χ3v) is 14.7. The van der Waals surface area contributed by atoms with Crippen LogP contribution in [-0.4, -0.2) is 37.2 Å². The Kier molecular flexibility index (Phi) is 62.7. The zero-order chi connectivity index (χ0) is 55.7. The maximum atomic E-state index is 12.9. The van der Waals surface area contributed by atoms with Gasteiger partial charge in [-0.2, -0.15) is 0 Å². The first-order chi connectivity index (χ1) is 38.0. The summed E-state index contributed by atoms with van der Waals surface area (Å²) < 4.78 is 16.9. The van der Waals surface area contributed by atoms with Gasteiger partial charge in [-0.1, -0.05) is 312 Å². The first-order valence-electron chi connectivity index (χ1n) is 33.4. The van der Waals surface area contributed by atoms with Gasteiger partial charge in [0.2, 0.25) is 0 Å². The molecule has 6 heteroatoms. The molecule has 0 aromatic rings. The Morgan fingerprint density at radius 3 is 0.831 bits per heavy atom. The lowest BCUT2D eigenvalue weighted by Gasteiger charge is -2.18. The molecule has 0 N–H and O–H groups in total. The number of hydrogen-bond donors (Lipinski definition) is 0. The predicted molar refractivity (Wildman–Crippen MR) is 335 cm³/mol. The molecule has 0 saturated carbocycles. The smallest absolute Gasteiger partial charge is 0.306 e. The van der Waals surface area contributed by atoms with Crippen LogP contribution in [0.3, 0.4) is 0 Å². The summed E-state index contributed by atoms with van der Waals surface area (Å²) in [6.45, 7) is 6.51. The van der Waals surface area contributed by atoms with Crippen molar-refractivity contribution in [1.82, 2.24) is 0 Å². The van der Waals surface area contributed by atoms with Gasteiger partial charge >= 0.3 is 17.9 Å². The molecular formula is C71H126O6. The molecule has 0 aliphatic carbocycles. The van der Waals surface area contributed by atoms with Crippen LogP contribution in [0, 0.1) is 0 Å². The fourth-order valence-electron chi connectivity index (χ4n) is 9.69. The Balaban J connectivity index is 4.09. The molecule has 0 fully saturated rings. The highest BCUT2D eigenvalue weighted by atomic mass is 16.6. The number of ether oxygens (including phenoxy) is 3.